The van der Waals surface area contributed by atoms with E-state index in [1.54, 1.807) is 4.68 Å². The van der Waals surface area contributed by atoms with E-state index in [1.807, 2.05) is 24.4 Å². The van der Waals surface area contributed by atoms with Gasteiger partial charge in [-0.15, -0.1) is 0 Å². The lowest BCUT2D eigenvalue weighted by atomic mass is 9.55. The van der Waals surface area contributed by atoms with Gasteiger partial charge in [0, 0.05) is 24.2 Å². The first-order valence-electron chi connectivity index (χ1n) is 9.22. The van der Waals surface area contributed by atoms with E-state index in [4.69, 9.17) is 5.73 Å². The second-order valence-corrected chi connectivity index (χ2v) is 7.91. The SMILES string of the molecule is Cc1ccc(-n2ccc(NC(=O)C3CC4(CCC(N)CC4)C3)n2)cc1. The standard InChI is InChI=1S/C20H26N4O/c1-14-2-4-17(5-3-14)24-11-8-18(23-24)22-19(25)15-12-20(13-15)9-6-16(21)7-10-20/h2-5,8,11,15-16H,6-7,9-10,12-13,21H2,1H3,(H,22,23,25). The molecule has 2 aliphatic carbocycles. The first kappa shape index (κ1) is 16.3. The number of carbonyl (C=O) groups excluding carboxylic acids is 1. The Bertz CT molecular complexity index is 748. The molecule has 1 aromatic carbocycles. The number of nitrogens with zero attached hydrogens (tertiary/aromatic N) is 2. The minimum absolute atomic E-state index is 0.106. The van der Waals surface area contributed by atoms with Crippen LogP contribution >= 0.6 is 0 Å². The molecular weight excluding hydrogens is 312 g/mol. The van der Waals surface area contributed by atoms with Crippen LogP contribution in [0.2, 0.25) is 0 Å². The third-order valence-corrected chi connectivity index (χ3v) is 5.96. The van der Waals surface area contributed by atoms with E-state index in [-0.39, 0.29) is 11.8 Å². The van der Waals surface area contributed by atoms with Gasteiger partial charge in [-0.25, -0.2) is 4.68 Å². The summed E-state index contributed by atoms with van der Waals surface area (Å²) in [6.07, 6.45) is 8.46. The lowest BCUT2D eigenvalue weighted by Gasteiger charge is -2.50. The van der Waals surface area contributed by atoms with Crippen LogP contribution in [-0.2, 0) is 4.79 Å². The van der Waals surface area contributed by atoms with Gasteiger partial charge in [0.15, 0.2) is 5.82 Å². The number of aryl methyl sites for hydroxylation is 1. The molecule has 2 fully saturated rings. The zero-order valence-corrected chi connectivity index (χ0v) is 14.7. The van der Waals surface area contributed by atoms with Crippen molar-refractivity contribution in [2.45, 2.75) is 51.5 Å². The number of carbonyl (C=O) groups is 1. The number of hydrogen-bond acceptors (Lipinski definition) is 3. The van der Waals surface area contributed by atoms with Crippen molar-refractivity contribution in [3.8, 4) is 5.69 Å². The lowest BCUT2D eigenvalue weighted by Crippen LogP contribution is -2.46. The van der Waals surface area contributed by atoms with Gasteiger partial charge in [0.05, 0.1) is 5.69 Å². The van der Waals surface area contributed by atoms with Gasteiger partial charge < -0.3 is 11.1 Å². The van der Waals surface area contributed by atoms with Crippen LogP contribution in [0.4, 0.5) is 5.82 Å². The van der Waals surface area contributed by atoms with Crippen LogP contribution in [-0.4, -0.2) is 21.7 Å². The van der Waals surface area contributed by atoms with Crippen LogP contribution in [0, 0.1) is 18.3 Å². The molecular formula is C20H26N4O. The second kappa shape index (κ2) is 6.30. The van der Waals surface area contributed by atoms with Crippen molar-refractivity contribution in [2.24, 2.45) is 17.1 Å². The Labute approximate surface area is 148 Å². The van der Waals surface area contributed by atoms with E-state index in [0.717, 1.165) is 31.4 Å². The molecule has 1 aromatic heterocycles. The molecule has 0 unspecified atom stereocenters. The summed E-state index contributed by atoms with van der Waals surface area (Å²) in [5.74, 6) is 0.852. The monoisotopic (exact) mass is 338 g/mol. The van der Waals surface area contributed by atoms with Crippen molar-refractivity contribution in [3.05, 3.63) is 42.1 Å². The van der Waals surface area contributed by atoms with Crippen molar-refractivity contribution < 1.29 is 4.79 Å². The minimum Gasteiger partial charge on any atom is -0.328 e. The summed E-state index contributed by atoms with van der Waals surface area (Å²) in [7, 11) is 0. The normalized spacial score (nSPS) is 28.6. The molecule has 4 rings (SSSR count). The highest BCUT2D eigenvalue weighted by Gasteiger charge is 2.48. The summed E-state index contributed by atoms with van der Waals surface area (Å²) < 4.78 is 1.79. The molecule has 2 aromatic rings. The highest BCUT2D eigenvalue weighted by Crippen LogP contribution is 2.54. The van der Waals surface area contributed by atoms with Crippen molar-refractivity contribution in [1.29, 1.82) is 0 Å². The number of rotatable bonds is 3. The van der Waals surface area contributed by atoms with E-state index >= 15 is 0 Å². The Morgan fingerprint density at radius 3 is 2.56 bits per heavy atom. The second-order valence-electron chi connectivity index (χ2n) is 7.91. The molecule has 3 N–H and O–H groups in total. The van der Waals surface area contributed by atoms with Gasteiger partial charge >= 0.3 is 0 Å². The molecule has 1 amide bonds. The highest BCUT2D eigenvalue weighted by atomic mass is 16.2. The van der Waals surface area contributed by atoms with Crippen LogP contribution in [0.3, 0.4) is 0 Å². The van der Waals surface area contributed by atoms with Gasteiger partial charge in [0.2, 0.25) is 5.91 Å². The molecule has 0 saturated heterocycles. The summed E-state index contributed by atoms with van der Waals surface area (Å²) in [4.78, 5) is 12.5. The van der Waals surface area contributed by atoms with E-state index in [0.29, 0.717) is 17.3 Å². The number of benzene rings is 1. The number of aromatic nitrogens is 2. The molecule has 0 bridgehead atoms. The number of amides is 1. The Balaban J connectivity index is 1.34. The summed E-state index contributed by atoms with van der Waals surface area (Å²) in [5, 5.41) is 7.45. The van der Waals surface area contributed by atoms with Crippen LogP contribution in [0.5, 0.6) is 0 Å². The predicted molar refractivity (Wildman–Crippen MR) is 98.5 cm³/mol. The fraction of sp³-hybridized carbons (Fsp3) is 0.500. The largest absolute Gasteiger partial charge is 0.328 e. The Morgan fingerprint density at radius 2 is 1.88 bits per heavy atom. The van der Waals surface area contributed by atoms with Crippen molar-refractivity contribution in [3.63, 3.8) is 0 Å². The molecule has 0 aliphatic heterocycles. The van der Waals surface area contributed by atoms with Gasteiger partial charge in [-0.1, -0.05) is 17.7 Å². The van der Waals surface area contributed by atoms with Crippen LogP contribution in [0.1, 0.15) is 44.1 Å². The molecule has 25 heavy (non-hydrogen) atoms. The average Bonchev–Trinajstić information content (AvgIpc) is 3.03. The zero-order chi connectivity index (χ0) is 17.4. The fourth-order valence-electron chi connectivity index (χ4n) is 4.29. The maximum absolute atomic E-state index is 12.5. The Kier molecular flexibility index (Phi) is 4.12. The highest BCUT2D eigenvalue weighted by molar-refractivity contribution is 5.92. The molecule has 2 aliphatic rings. The van der Waals surface area contributed by atoms with Gasteiger partial charge in [-0.3, -0.25) is 4.79 Å². The van der Waals surface area contributed by atoms with Gasteiger partial charge in [0.1, 0.15) is 0 Å². The average molecular weight is 338 g/mol. The molecule has 1 spiro atoms. The first-order chi connectivity index (χ1) is 12.0. The first-order valence-corrected chi connectivity index (χ1v) is 9.22. The van der Waals surface area contributed by atoms with Crippen LogP contribution in [0.15, 0.2) is 36.5 Å². The summed E-state index contributed by atoms with van der Waals surface area (Å²) in [6.45, 7) is 2.06. The topological polar surface area (TPSA) is 72.9 Å². The molecule has 5 nitrogen and oxygen atoms in total. The molecule has 1 heterocycles. The van der Waals surface area contributed by atoms with Crippen molar-refractivity contribution in [2.75, 3.05) is 5.32 Å². The number of hydrogen-bond donors (Lipinski definition) is 2. The molecule has 0 radical (unpaired) electrons. The summed E-state index contributed by atoms with van der Waals surface area (Å²) in [5.41, 5.74) is 8.60. The van der Waals surface area contributed by atoms with E-state index < -0.39 is 0 Å². The van der Waals surface area contributed by atoms with E-state index in [2.05, 4.69) is 29.5 Å². The van der Waals surface area contributed by atoms with Crippen molar-refractivity contribution >= 4 is 11.7 Å². The van der Waals surface area contributed by atoms with Crippen LogP contribution in [0.25, 0.3) is 5.69 Å². The lowest BCUT2D eigenvalue weighted by molar-refractivity contribution is -0.128. The molecule has 0 atom stereocenters. The number of nitrogens with one attached hydrogen (secondary N) is 1. The number of nitrogens with two attached hydrogens (primary N) is 1. The van der Waals surface area contributed by atoms with Gasteiger partial charge in [-0.2, -0.15) is 5.10 Å². The minimum atomic E-state index is 0.106. The van der Waals surface area contributed by atoms with Crippen LogP contribution < -0.4 is 11.1 Å². The van der Waals surface area contributed by atoms with Gasteiger partial charge in [-0.05, 0) is 63.0 Å². The predicted octanol–water partition coefficient (Wildman–Crippen LogP) is 3.42. The Hall–Kier alpha value is -2.14. The fourth-order valence-corrected chi connectivity index (χ4v) is 4.29. The quantitative estimate of drug-likeness (QED) is 0.900. The zero-order valence-electron chi connectivity index (χ0n) is 14.7. The summed E-state index contributed by atoms with van der Waals surface area (Å²) >= 11 is 0. The molecule has 132 valence electrons. The molecule has 5 heteroatoms. The van der Waals surface area contributed by atoms with E-state index in [9.17, 15) is 4.79 Å². The van der Waals surface area contributed by atoms with Crippen molar-refractivity contribution in [1.82, 2.24) is 9.78 Å². The smallest absolute Gasteiger partial charge is 0.228 e. The Morgan fingerprint density at radius 1 is 1.20 bits per heavy atom. The maximum Gasteiger partial charge on any atom is 0.228 e. The third-order valence-electron chi connectivity index (χ3n) is 5.96. The third kappa shape index (κ3) is 3.33. The summed E-state index contributed by atoms with van der Waals surface area (Å²) in [6, 6.07) is 10.4. The number of anilines is 1. The maximum atomic E-state index is 12.5. The molecule has 2 saturated carbocycles. The van der Waals surface area contributed by atoms with Gasteiger partial charge in [0.25, 0.3) is 0 Å². The van der Waals surface area contributed by atoms with E-state index in [1.165, 1.54) is 18.4 Å².